The zero-order valence-electron chi connectivity index (χ0n) is 10.8. The first-order valence-corrected chi connectivity index (χ1v) is 7.62. The normalized spacial score (nSPS) is 12.2. The first-order valence-electron chi connectivity index (χ1n) is 6.03. The zero-order chi connectivity index (χ0) is 13.5. The maximum absolute atomic E-state index is 5.75. The number of nitrogens with one attached hydrogen (secondary N) is 1. The van der Waals surface area contributed by atoms with Gasteiger partial charge in [-0.3, -0.25) is 0 Å². The Morgan fingerprint density at radius 1 is 1.50 bits per heavy atom. The molecule has 1 aromatic rings. The molecule has 0 bridgehead atoms. The second-order valence-electron chi connectivity index (χ2n) is 4.16. The molecule has 0 aliphatic heterocycles. The molecule has 100 valence electrons. The van der Waals surface area contributed by atoms with Gasteiger partial charge in [0.25, 0.3) is 0 Å². The van der Waals surface area contributed by atoms with Crippen molar-refractivity contribution in [3.05, 3.63) is 39.3 Å². The first-order chi connectivity index (χ1) is 8.54. The van der Waals surface area contributed by atoms with Gasteiger partial charge in [-0.1, -0.05) is 45.4 Å². The van der Waals surface area contributed by atoms with Gasteiger partial charge in [-0.2, -0.15) is 0 Å². The van der Waals surface area contributed by atoms with E-state index in [2.05, 4.69) is 63.7 Å². The molecule has 0 spiro atoms. The van der Waals surface area contributed by atoms with E-state index in [1.165, 1.54) is 0 Å². The Kier molecular flexibility index (Phi) is 6.97. The predicted molar refractivity (Wildman–Crippen MR) is 84.4 cm³/mol. The van der Waals surface area contributed by atoms with E-state index < -0.39 is 0 Å². The zero-order valence-corrected chi connectivity index (χ0v) is 14.0. The highest BCUT2D eigenvalue weighted by atomic mass is 79.9. The molecule has 0 aliphatic carbocycles. The van der Waals surface area contributed by atoms with Gasteiger partial charge < -0.3 is 10.1 Å². The summed E-state index contributed by atoms with van der Waals surface area (Å²) in [6.45, 7) is 9.56. The van der Waals surface area contributed by atoms with Gasteiger partial charge in [0, 0.05) is 20.6 Å². The lowest BCUT2D eigenvalue weighted by atomic mass is 10.1. The maximum atomic E-state index is 5.75. The van der Waals surface area contributed by atoms with E-state index in [0.29, 0.717) is 6.61 Å². The van der Waals surface area contributed by atoms with Gasteiger partial charge in [0.2, 0.25) is 0 Å². The highest BCUT2D eigenvalue weighted by molar-refractivity contribution is 9.11. The molecule has 0 saturated carbocycles. The molecule has 0 fully saturated rings. The summed E-state index contributed by atoms with van der Waals surface area (Å²) in [7, 11) is 0. The molecular formula is C14H19Br2NO. The number of rotatable bonds is 7. The molecule has 1 aromatic carbocycles. The van der Waals surface area contributed by atoms with Crippen molar-refractivity contribution in [1.82, 2.24) is 5.32 Å². The van der Waals surface area contributed by atoms with E-state index in [1.54, 1.807) is 0 Å². The van der Waals surface area contributed by atoms with Crippen LogP contribution in [0.15, 0.2) is 33.7 Å². The number of hydrogen-bond acceptors (Lipinski definition) is 2. The molecule has 4 heteroatoms. The molecule has 1 atom stereocenters. The van der Waals surface area contributed by atoms with E-state index in [0.717, 1.165) is 33.2 Å². The van der Waals surface area contributed by atoms with Crippen LogP contribution in [-0.4, -0.2) is 13.2 Å². The number of hydrogen-bond donors (Lipinski definition) is 1. The smallest absolute Gasteiger partial charge is 0.124 e. The third-order valence-electron chi connectivity index (χ3n) is 2.52. The molecule has 1 unspecified atom stereocenters. The lowest BCUT2D eigenvalue weighted by molar-refractivity contribution is 0.352. The Bertz CT molecular complexity index is 407. The summed E-state index contributed by atoms with van der Waals surface area (Å²) in [4.78, 5) is 0. The Hall–Kier alpha value is -0.320. The molecule has 1 rings (SSSR count). The van der Waals surface area contributed by atoms with Gasteiger partial charge in [-0.05, 0) is 38.1 Å². The van der Waals surface area contributed by atoms with Crippen LogP contribution in [0.3, 0.4) is 0 Å². The second-order valence-corrected chi connectivity index (χ2v) is 6.20. The summed E-state index contributed by atoms with van der Waals surface area (Å²) < 4.78 is 7.65. The van der Waals surface area contributed by atoms with Crippen molar-refractivity contribution in [2.24, 2.45) is 0 Å². The van der Waals surface area contributed by atoms with E-state index in [9.17, 15) is 0 Å². The van der Waals surface area contributed by atoms with Gasteiger partial charge >= 0.3 is 0 Å². The minimum absolute atomic E-state index is 0.265. The van der Waals surface area contributed by atoms with E-state index >= 15 is 0 Å². The molecule has 0 heterocycles. The summed E-state index contributed by atoms with van der Waals surface area (Å²) in [5.41, 5.74) is 1.16. The topological polar surface area (TPSA) is 21.3 Å². The fourth-order valence-electron chi connectivity index (χ4n) is 1.62. The van der Waals surface area contributed by atoms with Crippen LogP contribution < -0.4 is 10.1 Å². The van der Waals surface area contributed by atoms with E-state index in [4.69, 9.17) is 4.74 Å². The summed E-state index contributed by atoms with van der Waals surface area (Å²) in [5, 5.41) is 3.47. The number of benzene rings is 1. The number of ether oxygens (including phenoxy) is 1. The average Bonchev–Trinajstić information content (AvgIpc) is 2.34. The molecule has 1 N–H and O–H groups in total. The molecule has 0 radical (unpaired) electrons. The largest absolute Gasteiger partial charge is 0.488 e. The molecule has 0 aromatic heterocycles. The molecule has 0 saturated heterocycles. The van der Waals surface area contributed by atoms with Crippen LogP contribution in [0.4, 0.5) is 0 Å². The third kappa shape index (κ3) is 5.12. The fraction of sp³-hybridized carbons (Fsp3) is 0.429. The standard InChI is InChI=1S/C14H19Br2NO/c1-4-7-17-11(3)13-8-12(16)5-6-14(13)18-9-10(2)15/h5-6,8,11,17H,2,4,7,9H2,1,3H3. The van der Waals surface area contributed by atoms with Crippen LogP contribution in [0.1, 0.15) is 31.9 Å². The van der Waals surface area contributed by atoms with E-state index in [-0.39, 0.29) is 6.04 Å². The lowest BCUT2D eigenvalue weighted by Crippen LogP contribution is -2.20. The van der Waals surface area contributed by atoms with Gasteiger partial charge in [-0.15, -0.1) is 0 Å². The Balaban J connectivity index is 2.84. The molecule has 18 heavy (non-hydrogen) atoms. The van der Waals surface area contributed by atoms with Crippen LogP contribution in [0.2, 0.25) is 0 Å². The second kappa shape index (κ2) is 7.97. The van der Waals surface area contributed by atoms with Crippen molar-refractivity contribution >= 4 is 31.9 Å². The molecular weight excluding hydrogens is 358 g/mol. The number of halogens is 2. The van der Waals surface area contributed by atoms with E-state index in [1.807, 2.05) is 12.1 Å². The highest BCUT2D eigenvalue weighted by Gasteiger charge is 2.11. The fourth-order valence-corrected chi connectivity index (χ4v) is 2.11. The highest BCUT2D eigenvalue weighted by Crippen LogP contribution is 2.29. The van der Waals surface area contributed by atoms with Gasteiger partial charge in [0.15, 0.2) is 0 Å². The quantitative estimate of drug-likeness (QED) is 0.738. The summed E-state index contributed by atoms with van der Waals surface area (Å²) in [5.74, 6) is 0.898. The van der Waals surface area contributed by atoms with Crippen molar-refractivity contribution in [3.63, 3.8) is 0 Å². The molecule has 0 amide bonds. The van der Waals surface area contributed by atoms with Crippen molar-refractivity contribution < 1.29 is 4.74 Å². The average molecular weight is 377 g/mol. The van der Waals surface area contributed by atoms with Crippen molar-refractivity contribution in [2.75, 3.05) is 13.2 Å². The van der Waals surface area contributed by atoms with Crippen molar-refractivity contribution in [1.29, 1.82) is 0 Å². The maximum Gasteiger partial charge on any atom is 0.124 e. The molecule has 0 aliphatic rings. The molecule has 2 nitrogen and oxygen atoms in total. The first kappa shape index (κ1) is 15.7. The summed E-state index contributed by atoms with van der Waals surface area (Å²) >= 11 is 6.81. The Morgan fingerprint density at radius 2 is 2.22 bits per heavy atom. The van der Waals surface area contributed by atoms with Gasteiger partial charge in [0.05, 0.1) is 0 Å². The Labute approximate surface area is 126 Å². The van der Waals surface area contributed by atoms with Crippen LogP contribution >= 0.6 is 31.9 Å². The minimum atomic E-state index is 0.265. The van der Waals surface area contributed by atoms with Gasteiger partial charge in [0.1, 0.15) is 12.4 Å². The predicted octanol–water partition coefficient (Wildman–Crippen LogP) is 4.80. The summed E-state index contributed by atoms with van der Waals surface area (Å²) in [6.07, 6.45) is 1.12. The lowest BCUT2D eigenvalue weighted by Gasteiger charge is -2.18. The summed E-state index contributed by atoms with van der Waals surface area (Å²) in [6, 6.07) is 6.34. The Morgan fingerprint density at radius 3 is 2.83 bits per heavy atom. The van der Waals surface area contributed by atoms with Crippen LogP contribution in [-0.2, 0) is 0 Å². The van der Waals surface area contributed by atoms with Crippen LogP contribution in [0, 0.1) is 0 Å². The third-order valence-corrected chi connectivity index (χ3v) is 3.25. The van der Waals surface area contributed by atoms with Crippen LogP contribution in [0.25, 0.3) is 0 Å². The van der Waals surface area contributed by atoms with Crippen molar-refractivity contribution in [3.8, 4) is 5.75 Å². The SMILES string of the molecule is C=C(Br)COc1ccc(Br)cc1C(C)NCCC. The van der Waals surface area contributed by atoms with Crippen molar-refractivity contribution in [2.45, 2.75) is 26.3 Å². The minimum Gasteiger partial charge on any atom is -0.488 e. The van der Waals surface area contributed by atoms with Gasteiger partial charge in [-0.25, -0.2) is 0 Å². The monoisotopic (exact) mass is 375 g/mol. The van der Waals surface area contributed by atoms with Crippen LogP contribution in [0.5, 0.6) is 5.75 Å².